The molecule has 0 rings (SSSR count). The minimum Gasteiger partial charge on any atom is -0.368 e. The van der Waals surface area contributed by atoms with E-state index in [1.807, 2.05) is 13.8 Å². The van der Waals surface area contributed by atoms with Crippen molar-refractivity contribution in [3.05, 3.63) is 0 Å². The molecule has 54 valence electrons. The molecule has 0 aliphatic carbocycles. The van der Waals surface area contributed by atoms with Crippen molar-refractivity contribution in [3.8, 4) is 0 Å². The molecule has 3 heteroatoms. The first-order chi connectivity index (χ1) is 3.89. The van der Waals surface area contributed by atoms with Crippen molar-refractivity contribution in [2.24, 2.45) is 11.7 Å². The predicted molar refractivity (Wildman–Crippen MR) is 41.4 cm³/mol. The van der Waals surface area contributed by atoms with E-state index in [2.05, 4.69) is 15.9 Å². The molecule has 1 unspecified atom stereocenters. The molecule has 9 heavy (non-hydrogen) atoms. The maximum Gasteiger partial charge on any atom is 0.234 e. The smallest absolute Gasteiger partial charge is 0.234 e. The van der Waals surface area contributed by atoms with E-state index in [4.69, 9.17) is 5.73 Å². The van der Waals surface area contributed by atoms with Gasteiger partial charge in [0.15, 0.2) is 0 Å². The number of carbonyl (C=O) groups excluding carboxylic acids is 1. The fraction of sp³-hybridized carbons (Fsp3) is 0.833. The van der Waals surface area contributed by atoms with Crippen LogP contribution in [0.4, 0.5) is 0 Å². The van der Waals surface area contributed by atoms with Gasteiger partial charge in [-0.3, -0.25) is 4.79 Å². The number of halogens is 1. The van der Waals surface area contributed by atoms with E-state index in [9.17, 15) is 4.79 Å². The first-order valence-electron chi connectivity index (χ1n) is 2.88. The zero-order chi connectivity index (χ0) is 7.65. The second-order valence-electron chi connectivity index (χ2n) is 2.59. The molecule has 0 aliphatic heterocycles. The Labute approximate surface area is 63.9 Å². The number of rotatable bonds is 2. The zero-order valence-electron chi connectivity index (χ0n) is 5.94. The Hall–Kier alpha value is -0.0500. The highest BCUT2D eigenvalue weighted by molar-refractivity contribution is 9.10. The third-order valence-corrected chi connectivity index (χ3v) is 2.87. The van der Waals surface area contributed by atoms with Crippen LogP contribution in [0.2, 0.25) is 0 Å². The molecule has 0 aromatic carbocycles. The van der Waals surface area contributed by atoms with E-state index in [0.717, 1.165) is 0 Å². The molecule has 0 aromatic rings. The van der Waals surface area contributed by atoms with E-state index in [1.165, 1.54) is 0 Å². The largest absolute Gasteiger partial charge is 0.368 e. The maximum absolute atomic E-state index is 10.6. The molecule has 2 nitrogen and oxygen atoms in total. The van der Waals surface area contributed by atoms with E-state index in [1.54, 1.807) is 6.92 Å². The van der Waals surface area contributed by atoms with Crippen LogP contribution in [-0.2, 0) is 4.79 Å². The van der Waals surface area contributed by atoms with Crippen molar-refractivity contribution in [1.82, 2.24) is 0 Å². The van der Waals surface area contributed by atoms with Crippen molar-refractivity contribution < 1.29 is 4.79 Å². The van der Waals surface area contributed by atoms with Gasteiger partial charge in [-0.1, -0.05) is 29.8 Å². The van der Waals surface area contributed by atoms with E-state index < -0.39 is 4.32 Å². The second kappa shape index (κ2) is 2.69. The number of amides is 1. The topological polar surface area (TPSA) is 43.1 Å². The van der Waals surface area contributed by atoms with Crippen LogP contribution in [0, 0.1) is 5.92 Å². The van der Waals surface area contributed by atoms with Crippen molar-refractivity contribution in [3.63, 3.8) is 0 Å². The summed E-state index contributed by atoms with van der Waals surface area (Å²) in [6.07, 6.45) is 0. The van der Waals surface area contributed by atoms with Crippen LogP contribution in [0.1, 0.15) is 20.8 Å². The molecule has 0 fully saturated rings. The van der Waals surface area contributed by atoms with Crippen LogP contribution in [0.5, 0.6) is 0 Å². The zero-order valence-corrected chi connectivity index (χ0v) is 7.53. The van der Waals surface area contributed by atoms with Gasteiger partial charge in [0.2, 0.25) is 5.91 Å². The van der Waals surface area contributed by atoms with Gasteiger partial charge in [-0.25, -0.2) is 0 Å². The summed E-state index contributed by atoms with van der Waals surface area (Å²) in [5.74, 6) is -0.0764. The minimum absolute atomic E-state index is 0.231. The van der Waals surface area contributed by atoms with E-state index >= 15 is 0 Å². The molecule has 0 aliphatic rings. The molecule has 1 atom stereocenters. The summed E-state index contributed by atoms with van der Waals surface area (Å²) in [6, 6.07) is 0. The van der Waals surface area contributed by atoms with Gasteiger partial charge in [0.25, 0.3) is 0 Å². The Balaban J connectivity index is 4.19. The van der Waals surface area contributed by atoms with Crippen LogP contribution in [0.15, 0.2) is 0 Å². The minimum atomic E-state index is -0.549. The van der Waals surface area contributed by atoms with Crippen molar-refractivity contribution in [1.29, 1.82) is 0 Å². The fourth-order valence-corrected chi connectivity index (χ4v) is 0.285. The lowest BCUT2D eigenvalue weighted by atomic mass is 9.97. The standard InChI is InChI=1S/C6H12BrNO/c1-4(2)6(3,7)5(8)9/h4H,1-3H3,(H2,8,9). The number of hydrogen-bond donors (Lipinski definition) is 1. The van der Waals surface area contributed by atoms with Gasteiger partial charge >= 0.3 is 0 Å². The number of nitrogens with two attached hydrogens (primary N) is 1. The molecule has 0 heterocycles. The first-order valence-corrected chi connectivity index (χ1v) is 3.67. The Kier molecular flexibility index (Phi) is 2.67. The van der Waals surface area contributed by atoms with Gasteiger partial charge < -0.3 is 5.73 Å². The average Bonchev–Trinajstić information content (AvgIpc) is 1.65. The first kappa shape index (κ1) is 8.95. The van der Waals surface area contributed by atoms with Gasteiger partial charge in [0.05, 0.1) is 0 Å². The Morgan fingerprint density at radius 2 is 2.00 bits per heavy atom. The number of primary amides is 1. The predicted octanol–water partition coefficient (Wildman–Crippen LogP) is 1.28. The van der Waals surface area contributed by atoms with Crippen molar-refractivity contribution in [2.45, 2.75) is 25.1 Å². The van der Waals surface area contributed by atoms with Crippen LogP contribution in [0.3, 0.4) is 0 Å². The molecule has 1 amide bonds. The van der Waals surface area contributed by atoms with Gasteiger partial charge in [-0.2, -0.15) is 0 Å². The molecule has 0 saturated carbocycles. The molecule has 0 spiro atoms. The normalized spacial score (nSPS) is 17.4. The highest BCUT2D eigenvalue weighted by Crippen LogP contribution is 2.25. The Morgan fingerprint density at radius 3 is 2.00 bits per heavy atom. The van der Waals surface area contributed by atoms with Crippen molar-refractivity contribution >= 4 is 21.8 Å². The molecule has 0 aromatic heterocycles. The number of hydrogen-bond acceptors (Lipinski definition) is 1. The van der Waals surface area contributed by atoms with Crippen LogP contribution < -0.4 is 5.73 Å². The Bertz CT molecular complexity index is 120. The second-order valence-corrected chi connectivity index (χ2v) is 4.24. The summed E-state index contributed by atoms with van der Waals surface area (Å²) in [6.45, 7) is 5.67. The lowest BCUT2D eigenvalue weighted by molar-refractivity contribution is -0.120. The van der Waals surface area contributed by atoms with Gasteiger partial charge in [-0.05, 0) is 12.8 Å². The van der Waals surface area contributed by atoms with Gasteiger partial charge in [-0.15, -0.1) is 0 Å². The van der Waals surface area contributed by atoms with Gasteiger partial charge in [0.1, 0.15) is 4.32 Å². The summed E-state index contributed by atoms with van der Waals surface area (Å²) in [5, 5.41) is 0. The summed E-state index contributed by atoms with van der Waals surface area (Å²) in [4.78, 5) is 10.6. The maximum atomic E-state index is 10.6. The molecule has 0 bridgehead atoms. The summed E-state index contributed by atoms with van der Waals surface area (Å²) in [7, 11) is 0. The molecular weight excluding hydrogens is 182 g/mol. The van der Waals surface area contributed by atoms with Gasteiger partial charge in [0, 0.05) is 0 Å². The fourth-order valence-electron chi connectivity index (χ4n) is 0.285. The number of alkyl halides is 1. The average molecular weight is 194 g/mol. The third-order valence-electron chi connectivity index (χ3n) is 1.57. The number of carbonyl (C=O) groups is 1. The molecule has 0 saturated heterocycles. The van der Waals surface area contributed by atoms with E-state index in [0.29, 0.717) is 0 Å². The third kappa shape index (κ3) is 1.97. The van der Waals surface area contributed by atoms with E-state index in [-0.39, 0.29) is 11.8 Å². The molecular formula is C6H12BrNO. The molecule has 0 radical (unpaired) electrons. The quantitative estimate of drug-likeness (QED) is 0.661. The summed E-state index contributed by atoms with van der Waals surface area (Å²) >= 11 is 3.24. The van der Waals surface area contributed by atoms with Crippen molar-refractivity contribution in [2.75, 3.05) is 0 Å². The highest BCUT2D eigenvalue weighted by atomic mass is 79.9. The lowest BCUT2D eigenvalue weighted by Gasteiger charge is -2.22. The lowest BCUT2D eigenvalue weighted by Crippen LogP contribution is -2.39. The monoisotopic (exact) mass is 193 g/mol. The van der Waals surface area contributed by atoms with Crippen LogP contribution in [0.25, 0.3) is 0 Å². The molecule has 2 N–H and O–H groups in total. The Morgan fingerprint density at radius 1 is 1.67 bits per heavy atom. The highest BCUT2D eigenvalue weighted by Gasteiger charge is 2.30. The van der Waals surface area contributed by atoms with Crippen LogP contribution >= 0.6 is 15.9 Å². The SMILES string of the molecule is CC(C)C(C)(Br)C(N)=O. The van der Waals surface area contributed by atoms with Crippen LogP contribution in [-0.4, -0.2) is 10.2 Å². The summed E-state index contributed by atoms with van der Waals surface area (Å²) < 4.78 is -0.549. The summed E-state index contributed by atoms with van der Waals surface area (Å²) in [5.41, 5.74) is 5.09.